The molecule has 0 saturated heterocycles. The van der Waals surface area contributed by atoms with Crippen LogP contribution in [-0.4, -0.2) is 38.6 Å². The van der Waals surface area contributed by atoms with E-state index in [0.29, 0.717) is 0 Å². The van der Waals surface area contributed by atoms with Gasteiger partial charge in [0.05, 0.1) is 0 Å². The second kappa shape index (κ2) is 17.2. The van der Waals surface area contributed by atoms with Crippen molar-refractivity contribution in [3.05, 3.63) is 35.9 Å². The summed E-state index contributed by atoms with van der Waals surface area (Å²) in [6.45, 7) is 0. The molecular weight excluding hydrogens is 679 g/mol. The van der Waals surface area contributed by atoms with Gasteiger partial charge in [-0.3, -0.25) is 0 Å². The summed E-state index contributed by atoms with van der Waals surface area (Å²) in [6, 6.07) is 12.5. The van der Waals surface area contributed by atoms with Crippen molar-refractivity contribution in [1.82, 2.24) is 0 Å². The van der Waals surface area contributed by atoms with Crippen LogP contribution in [0.1, 0.15) is 198 Å². The first-order valence-corrected chi connectivity index (χ1v) is 31.8. The normalized spacial score (nSPS) is 27.7. The van der Waals surface area contributed by atoms with E-state index in [4.69, 9.17) is 0 Å². The molecule has 0 heterocycles. The van der Waals surface area contributed by atoms with Crippen LogP contribution in [0.4, 0.5) is 0 Å². The van der Waals surface area contributed by atoms with E-state index >= 15 is 0 Å². The number of benzene rings is 1. The van der Waals surface area contributed by atoms with Crippen LogP contribution in [-0.2, 0) is 14.5 Å². The number of hydrogen-bond acceptors (Lipinski definition) is 0. The Hall–Kier alpha value is 0.573. The summed E-state index contributed by atoms with van der Waals surface area (Å²) in [7, 11) is 0. The SMILES string of the molecule is [CH](c1ccccc1)=[Ru]([PH](C1CCCCC1)(C1CCCCC1)C1CCCCC1)[PH](C1CCCCC1)(C1CCCCC1)C1CCCCC1. The van der Waals surface area contributed by atoms with Gasteiger partial charge in [-0.25, -0.2) is 0 Å². The van der Waals surface area contributed by atoms with Crippen LogP contribution in [0.2, 0.25) is 0 Å². The van der Waals surface area contributed by atoms with Gasteiger partial charge >= 0.3 is 293 Å². The van der Waals surface area contributed by atoms with Crippen LogP contribution in [0, 0.1) is 0 Å². The van der Waals surface area contributed by atoms with E-state index in [1.165, 1.54) is 34.0 Å². The Balaban J connectivity index is 1.54. The Morgan fingerprint density at radius 2 is 0.587 bits per heavy atom. The second-order valence-corrected chi connectivity index (χ2v) is 43.1. The first-order valence-electron chi connectivity index (χ1n) is 21.4. The maximum absolute atomic E-state index is 3.40. The van der Waals surface area contributed by atoms with Gasteiger partial charge in [0, 0.05) is 0 Å². The molecule has 6 aliphatic rings. The summed E-state index contributed by atoms with van der Waals surface area (Å²) in [4.78, 5) is 0. The first kappa shape index (κ1) is 35.0. The third kappa shape index (κ3) is 7.18. The van der Waals surface area contributed by atoms with Crippen LogP contribution in [0.15, 0.2) is 30.3 Å². The van der Waals surface area contributed by atoms with Crippen molar-refractivity contribution in [3.8, 4) is 0 Å². The molecule has 264 valence electrons. The fraction of sp³-hybridized carbons (Fsp3) is 0.837. The van der Waals surface area contributed by atoms with Crippen molar-refractivity contribution in [3.63, 3.8) is 0 Å². The van der Waals surface area contributed by atoms with Gasteiger partial charge in [-0.05, 0) is 0 Å². The van der Waals surface area contributed by atoms with E-state index in [1.54, 1.807) is 198 Å². The van der Waals surface area contributed by atoms with E-state index in [-0.39, 0.29) is 0 Å². The van der Waals surface area contributed by atoms with E-state index in [0.717, 1.165) is 0 Å². The van der Waals surface area contributed by atoms with Crippen LogP contribution in [0.25, 0.3) is 0 Å². The molecule has 0 radical (unpaired) electrons. The predicted octanol–water partition coefficient (Wildman–Crippen LogP) is 13.8. The summed E-state index contributed by atoms with van der Waals surface area (Å²) in [6.07, 6.45) is 48.6. The fourth-order valence-corrected chi connectivity index (χ4v) is 84.1. The zero-order valence-electron chi connectivity index (χ0n) is 30.0. The van der Waals surface area contributed by atoms with Gasteiger partial charge in [0.1, 0.15) is 0 Å². The van der Waals surface area contributed by atoms with Crippen molar-refractivity contribution in [2.45, 2.75) is 227 Å². The van der Waals surface area contributed by atoms with Crippen molar-refractivity contribution in [2.24, 2.45) is 0 Å². The molecule has 1 aromatic rings. The predicted molar refractivity (Wildman–Crippen MR) is 209 cm³/mol. The number of rotatable bonds is 9. The molecule has 0 nitrogen and oxygen atoms in total. The van der Waals surface area contributed by atoms with Gasteiger partial charge in [-0.2, -0.15) is 0 Å². The molecule has 6 fully saturated rings. The van der Waals surface area contributed by atoms with Crippen LogP contribution in [0.3, 0.4) is 0 Å². The molecule has 1 aromatic carbocycles. The molecule has 0 spiro atoms. The molecule has 7 rings (SSSR count). The average molecular weight is 754 g/mol. The van der Waals surface area contributed by atoms with E-state index in [2.05, 4.69) is 34.9 Å². The van der Waals surface area contributed by atoms with Gasteiger partial charge in [0.15, 0.2) is 0 Å². The molecule has 0 amide bonds. The summed E-state index contributed by atoms with van der Waals surface area (Å²) >= 11 is -1.32. The Morgan fingerprint density at radius 1 is 0.348 bits per heavy atom. The van der Waals surface area contributed by atoms with Crippen molar-refractivity contribution < 1.29 is 14.5 Å². The van der Waals surface area contributed by atoms with Crippen LogP contribution in [0.5, 0.6) is 0 Å². The van der Waals surface area contributed by atoms with Gasteiger partial charge in [-0.1, -0.05) is 0 Å². The standard InChI is InChI=1S/2C18H33P.C7H6.Ru/c2*1-4-10-16(11-5-1)19(17-12-6-2-7-13-17)18-14-8-3-9-15-18;1-7-5-3-2-4-6-7;/h2*16-18H,1-15H2;1-6H;/q;;;-2/p+2. The average Bonchev–Trinajstić information content (AvgIpc) is 3.15. The van der Waals surface area contributed by atoms with E-state index < -0.39 is 25.7 Å². The Bertz CT molecular complexity index is 906. The summed E-state index contributed by atoms with van der Waals surface area (Å²) in [5, 5.41) is 0. The zero-order chi connectivity index (χ0) is 31.1. The molecular formula is C43H74P2Ru. The molecule has 0 aliphatic heterocycles. The van der Waals surface area contributed by atoms with Gasteiger partial charge in [-0.15, -0.1) is 0 Å². The summed E-state index contributed by atoms with van der Waals surface area (Å²) in [5.41, 5.74) is 5.67. The number of hydrogen-bond donors (Lipinski definition) is 0. The second-order valence-electron chi connectivity index (χ2n) is 17.4. The first-order chi connectivity index (χ1) is 22.8. The van der Waals surface area contributed by atoms with Gasteiger partial charge < -0.3 is 0 Å². The van der Waals surface area contributed by atoms with E-state index in [9.17, 15) is 0 Å². The van der Waals surface area contributed by atoms with Crippen molar-refractivity contribution >= 4 is 15.8 Å². The monoisotopic (exact) mass is 754 g/mol. The van der Waals surface area contributed by atoms with Crippen LogP contribution >= 0.6 is 11.2 Å². The van der Waals surface area contributed by atoms with Crippen molar-refractivity contribution in [2.75, 3.05) is 0 Å². The fourth-order valence-electron chi connectivity index (χ4n) is 13.2. The Morgan fingerprint density at radius 3 is 0.826 bits per heavy atom. The molecule has 0 atom stereocenters. The molecule has 0 aromatic heterocycles. The maximum atomic E-state index is 3.40. The summed E-state index contributed by atoms with van der Waals surface area (Å²) < 4.78 is 3.40. The summed E-state index contributed by atoms with van der Waals surface area (Å²) in [5.74, 6) is 0. The molecule has 0 bridgehead atoms. The molecule has 0 unspecified atom stereocenters. The van der Waals surface area contributed by atoms with Crippen molar-refractivity contribution in [1.29, 1.82) is 0 Å². The molecule has 3 heteroatoms. The van der Waals surface area contributed by atoms with Crippen LogP contribution < -0.4 is 0 Å². The zero-order valence-corrected chi connectivity index (χ0v) is 33.7. The van der Waals surface area contributed by atoms with Gasteiger partial charge in [0.2, 0.25) is 0 Å². The molecule has 6 aliphatic carbocycles. The minimum atomic E-state index is -1.64. The molecule has 0 N–H and O–H groups in total. The van der Waals surface area contributed by atoms with Gasteiger partial charge in [0.25, 0.3) is 0 Å². The Kier molecular flexibility index (Phi) is 13.1. The minimum absolute atomic E-state index is 1.20. The Labute approximate surface area is 291 Å². The third-order valence-electron chi connectivity index (χ3n) is 15.0. The molecule has 46 heavy (non-hydrogen) atoms. The third-order valence-corrected chi connectivity index (χ3v) is 62.8. The van der Waals surface area contributed by atoms with E-state index in [1.807, 2.05) is 0 Å². The topological polar surface area (TPSA) is 0 Å². The quantitative estimate of drug-likeness (QED) is 0.174. The molecule has 6 saturated carbocycles.